The number of carbonyl (C=O) groups excluding carboxylic acids is 1. The van der Waals surface area contributed by atoms with Crippen molar-refractivity contribution in [2.75, 3.05) is 17.1 Å². The van der Waals surface area contributed by atoms with E-state index < -0.39 is 10.0 Å². The number of fused-ring (bicyclic) bond motifs is 2. The highest BCUT2D eigenvalue weighted by atomic mass is 32.2. The lowest BCUT2D eigenvalue weighted by atomic mass is 9.95. The van der Waals surface area contributed by atoms with E-state index in [-0.39, 0.29) is 18.5 Å². The van der Waals surface area contributed by atoms with Crippen molar-refractivity contribution in [2.24, 2.45) is 11.8 Å². The molecule has 6 heteroatoms. The Labute approximate surface area is 144 Å². The van der Waals surface area contributed by atoms with Crippen molar-refractivity contribution in [3.8, 4) is 0 Å². The Morgan fingerprint density at radius 1 is 1.21 bits per heavy atom. The predicted octanol–water partition coefficient (Wildman–Crippen LogP) is 2.37. The van der Waals surface area contributed by atoms with E-state index in [0.717, 1.165) is 29.7 Å². The first-order chi connectivity index (χ1) is 11.3. The number of amides is 1. The maximum absolute atomic E-state index is 12.5. The smallest absolute Gasteiger partial charge is 0.241 e. The van der Waals surface area contributed by atoms with Gasteiger partial charge in [-0.2, -0.15) is 0 Å². The third-order valence-corrected chi connectivity index (χ3v) is 6.57. The maximum Gasteiger partial charge on any atom is 0.241 e. The Bertz CT molecular complexity index is 724. The Morgan fingerprint density at radius 3 is 2.38 bits per heavy atom. The lowest BCUT2D eigenvalue weighted by Crippen LogP contribution is -2.46. The van der Waals surface area contributed by atoms with Crippen LogP contribution in [0.4, 0.5) is 5.69 Å². The van der Waals surface area contributed by atoms with Crippen LogP contribution in [0.15, 0.2) is 18.2 Å². The molecule has 1 aromatic carbocycles. The van der Waals surface area contributed by atoms with Gasteiger partial charge >= 0.3 is 0 Å². The summed E-state index contributed by atoms with van der Waals surface area (Å²) in [7, 11) is -3.53. The Kier molecular flexibility index (Phi) is 4.60. The van der Waals surface area contributed by atoms with Crippen molar-refractivity contribution >= 4 is 21.6 Å². The zero-order chi connectivity index (χ0) is 17.5. The Balaban J connectivity index is 1.77. The molecular formula is C18H26N2O3S. The first kappa shape index (κ1) is 17.3. The van der Waals surface area contributed by atoms with Crippen LogP contribution in [0.5, 0.6) is 0 Å². The highest BCUT2D eigenvalue weighted by molar-refractivity contribution is 7.92. The van der Waals surface area contributed by atoms with Gasteiger partial charge in [0.2, 0.25) is 15.9 Å². The molecule has 1 amide bonds. The van der Waals surface area contributed by atoms with Crippen molar-refractivity contribution < 1.29 is 13.2 Å². The van der Waals surface area contributed by atoms with E-state index in [0.29, 0.717) is 11.6 Å². The average molecular weight is 350 g/mol. The molecule has 2 aliphatic rings. The summed E-state index contributed by atoms with van der Waals surface area (Å²) in [4.78, 5) is 12.5. The van der Waals surface area contributed by atoms with E-state index in [1.807, 2.05) is 32.0 Å². The molecule has 2 fully saturated rings. The monoisotopic (exact) mass is 350 g/mol. The van der Waals surface area contributed by atoms with Gasteiger partial charge in [-0.15, -0.1) is 0 Å². The fourth-order valence-electron chi connectivity index (χ4n) is 4.37. The Hall–Kier alpha value is -1.56. The van der Waals surface area contributed by atoms with Crippen LogP contribution in [0.3, 0.4) is 0 Å². The first-order valence-electron chi connectivity index (χ1n) is 8.59. The van der Waals surface area contributed by atoms with Crippen LogP contribution in [0.1, 0.15) is 36.8 Å². The molecule has 0 aromatic heterocycles. The summed E-state index contributed by atoms with van der Waals surface area (Å²) in [5, 5.41) is 3.08. The molecule has 3 unspecified atom stereocenters. The number of hydrogen-bond donors (Lipinski definition) is 1. The van der Waals surface area contributed by atoms with Gasteiger partial charge in [0.25, 0.3) is 0 Å². The van der Waals surface area contributed by atoms with Crippen molar-refractivity contribution in [1.82, 2.24) is 5.32 Å². The van der Waals surface area contributed by atoms with Crippen LogP contribution >= 0.6 is 0 Å². The second kappa shape index (κ2) is 6.39. The lowest BCUT2D eigenvalue weighted by molar-refractivity contribution is -0.120. The molecule has 0 radical (unpaired) electrons. The van der Waals surface area contributed by atoms with Crippen LogP contribution in [0.25, 0.3) is 0 Å². The second-order valence-electron chi connectivity index (χ2n) is 7.36. The summed E-state index contributed by atoms with van der Waals surface area (Å²) in [6, 6.07) is 5.85. The van der Waals surface area contributed by atoms with Crippen molar-refractivity contribution in [3.05, 3.63) is 29.3 Å². The van der Waals surface area contributed by atoms with E-state index in [9.17, 15) is 13.2 Å². The highest BCUT2D eigenvalue weighted by Gasteiger charge is 2.40. The van der Waals surface area contributed by atoms with Crippen LogP contribution in [-0.4, -0.2) is 33.2 Å². The number of rotatable bonds is 5. The van der Waals surface area contributed by atoms with Crippen LogP contribution < -0.4 is 9.62 Å². The summed E-state index contributed by atoms with van der Waals surface area (Å²) < 4.78 is 25.8. The molecule has 2 bridgehead atoms. The van der Waals surface area contributed by atoms with Crippen molar-refractivity contribution in [3.63, 3.8) is 0 Å². The van der Waals surface area contributed by atoms with Gasteiger partial charge in [-0.05, 0) is 56.1 Å². The summed E-state index contributed by atoms with van der Waals surface area (Å²) in [5.74, 6) is 1.11. The minimum atomic E-state index is -3.53. The van der Waals surface area contributed by atoms with Gasteiger partial charge in [0.15, 0.2) is 0 Å². The number of nitrogens with zero attached hydrogens (tertiary/aromatic N) is 1. The molecular weight excluding hydrogens is 324 g/mol. The van der Waals surface area contributed by atoms with Gasteiger partial charge in [-0.3, -0.25) is 9.10 Å². The molecule has 0 spiro atoms. The molecule has 2 saturated carbocycles. The zero-order valence-corrected chi connectivity index (χ0v) is 15.4. The van der Waals surface area contributed by atoms with Gasteiger partial charge < -0.3 is 5.32 Å². The number of aryl methyl sites for hydroxylation is 2. The molecule has 5 nitrogen and oxygen atoms in total. The molecule has 0 heterocycles. The average Bonchev–Trinajstić information content (AvgIpc) is 3.07. The minimum absolute atomic E-state index is 0.154. The standard InChI is InChI=1S/C18H26N2O3S/c1-12-5-4-6-13(2)18(12)20(24(3,22)23)11-17(21)19-16-10-14-7-8-15(16)9-14/h4-6,14-16H,7-11H2,1-3H3,(H,19,21). The quantitative estimate of drug-likeness (QED) is 0.886. The normalized spacial score (nSPS) is 25.7. The summed E-state index contributed by atoms with van der Waals surface area (Å²) in [5.41, 5.74) is 2.32. The van der Waals surface area contributed by atoms with Gasteiger partial charge in [0, 0.05) is 6.04 Å². The third-order valence-electron chi connectivity index (χ3n) is 5.46. The minimum Gasteiger partial charge on any atom is -0.352 e. The molecule has 3 atom stereocenters. The van der Waals surface area contributed by atoms with Crippen LogP contribution in [-0.2, 0) is 14.8 Å². The second-order valence-corrected chi connectivity index (χ2v) is 9.27. The van der Waals surface area contributed by atoms with E-state index in [1.54, 1.807) is 0 Å². The van der Waals surface area contributed by atoms with Gasteiger partial charge in [0.1, 0.15) is 6.54 Å². The summed E-state index contributed by atoms with van der Waals surface area (Å²) in [6.07, 6.45) is 5.86. The van der Waals surface area contributed by atoms with E-state index in [4.69, 9.17) is 0 Å². The maximum atomic E-state index is 12.5. The Morgan fingerprint density at radius 2 is 1.88 bits per heavy atom. The molecule has 0 aliphatic heterocycles. The van der Waals surface area contributed by atoms with Crippen molar-refractivity contribution in [1.29, 1.82) is 0 Å². The number of benzene rings is 1. The largest absolute Gasteiger partial charge is 0.352 e. The summed E-state index contributed by atoms with van der Waals surface area (Å²) in [6.45, 7) is 3.58. The first-order valence-corrected chi connectivity index (χ1v) is 10.4. The van der Waals surface area contributed by atoms with E-state index in [2.05, 4.69) is 5.32 Å². The molecule has 24 heavy (non-hydrogen) atoms. The zero-order valence-electron chi connectivity index (χ0n) is 14.6. The molecule has 2 aliphatic carbocycles. The fourth-order valence-corrected chi connectivity index (χ4v) is 5.34. The number of sulfonamides is 1. The molecule has 1 N–H and O–H groups in total. The molecule has 3 rings (SSSR count). The molecule has 1 aromatic rings. The summed E-state index contributed by atoms with van der Waals surface area (Å²) >= 11 is 0. The van der Waals surface area contributed by atoms with Crippen LogP contribution in [0.2, 0.25) is 0 Å². The topological polar surface area (TPSA) is 66.5 Å². The molecule has 132 valence electrons. The number of hydrogen-bond acceptors (Lipinski definition) is 3. The number of para-hydroxylation sites is 1. The van der Waals surface area contributed by atoms with Crippen molar-refractivity contribution in [2.45, 2.75) is 45.6 Å². The predicted molar refractivity (Wildman–Crippen MR) is 95.5 cm³/mol. The number of nitrogens with one attached hydrogen (secondary N) is 1. The van der Waals surface area contributed by atoms with Gasteiger partial charge in [-0.25, -0.2) is 8.42 Å². The SMILES string of the molecule is Cc1cccc(C)c1N(CC(=O)NC1CC2CCC1C2)S(C)(=O)=O. The lowest BCUT2D eigenvalue weighted by Gasteiger charge is -2.28. The van der Waals surface area contributed by atoms with E-state index >= 15 is 0 Å². The van der Waals surface area contributed by atoms with E-state index in [1.165, 1.54) is 23.6 Å². The molecule has 0 saturated heterocycles. The van der Waals surface area contributed by atoms with Gasteiger partial charge in [-0.1, -0.05) is 24.6 Å². The fraction of sp³-hybridized carbons (Fsp3) is 0.611. The highest BCUT2D eigenvalue weighted by Crippen LogP contribution is 2.44. The number of carbonyl (C=O) groups is 1. The third kappa shape index (κ3) is 3.43. The number of anilines is 1. The van der Waals surface area contributed by atoms with Gasteiger partial charge in [0.05, 0.1) is 11.9 Å². The van der Waals surface area contributed by atoms with Crippen LogP contribution in [0, 0.1) is 25.7 Å².